The summed E-state index contributed by atoms with van der Waals surface area (Å²) in [5, 5.41) is 11.8. The maximum Gasteiger partial charge on any atom is 0.337 e. The minimum atomic E-state index is -0.817. The van der Waals surface area contributed by atoms with Crippen LogP contribution in [0.15, 0.2) is 42.5 Å². The lowest BCUT2D eigenvalue weighted by Gasteiger charge is -2.15. The molecule has 0 aromatic heterocycles. The molecular weight excluding hydrogens is 344 g/mol. The van der Waals surface area contributed by atoms with Crippen LogP contribution in [-0.2, 0) is 9.53 Å². The van der Waals surface area contributed by atoms with Gasteiger partial charge in [0, 0.05) is 5.69 Å². The van der Waals surface area contributed by atoms with Gasteiger partial charge in [-0.25, -0.2) is 4.79 Å². The molecule has 0 fully saturated rings. The van der Waals surface area contributed by atoms with Gasteiger partial charge in [-0.3, -0.25) is 4.79 Å². The van der Waals surface area contributed by atoms with E-state index in [1.807, 2.05) is 6.07 Å². The number of carbonyl (C=O) groups is 2. The van der Waals surface area contributed by atoms with Crippen LogP contribution in [-0.4, -0.2) is 25.1 Å². The molecule has 0 spiro atoms. The number of hydrogen-bond acceptors (Lipinski definition) is 5. The first-order chi connectivity index (χ1) is 11.9. The van der Waals surface area contributed by atoms with Crippen LogP contribution in [0, 0.1) is 11.3 Å². The third kappa shape index (κ3) is 4.72. The highest BCUT2D eigenvalue weighted by Crippen LogP contribution is 2.21. The number of nitrogens with zero attached hydrogens (tertiary/aromatic N) is 1. The van der Waals surface area contributed by atoms with Crippen LogP contribution in [0.3, 0.4) is 0 Å². The Morgan fingerprint density at radius 3 is 2.64 bits per heavy atom. The molecule has 0 saturated heterocycles. The van der Waals surface area contributed by atoms with Crippen molar-refractivity contribution in [2.75, 3.05) is 12.4 Å². The fourth-order valence-electron chi connectivity index (χ4n) is 2.00. The third-order valence-electron chi connectivity index (χ3n) is 3.29. The molecule has 25 heavy (non-hydrogen) atoms. The van der Waals surface area contributed by atoms with Gasteiger partial charge in [0.15, 0.2) is 6.10 Å². The van der Waals surface area contributed by atoms with E-state index in [4.69, 9.17) is 21.6 Å². The van der Waals surface area contributed by atoms with Gasteiger partial charge in [0.1, 0.15) is 11.8 Å². The van der Waals surface area contributed by atoms with Gasteiger partial charge >= 0.3 is 5.97 Å². The minimum Gasteiger partial charge on any atom is -0.481 e. The van der Waals surface area contributed by atoms with Crippen molar-refractivity contribution in [1.29, 1.82) is 5.26 Å². The smallest absolute Gasteiger partial charge is 0.337 e. The SMILES string of the molecule is COC(=O)c1cccc(O[C@H](C)C(=O)Nc2ccc(C#N)c(Cl)c2)c1. The summed E-state index contributed by atoms with van der Waals surface area (Å²) in [6.07, 6.45) is -0.817. The maximum atomic E-state index is 12.2. The van der Waals surface area contributed by atoms with E-state index < -0.39 is 18.0 Å². The predicted octanol–water partition coefficient (Wildman–Crippen LogP) is 3.40. The van der Waals surface area contributed by atoms with Crippen molar-refractivity contribution >= 4 is 29.2 Å². The predicted molar refractivity (Wildman–Crippen MR) is 92.7 cm³/mol. The Kier molecular flexibility index (Phi) is 5.98. The Labute approximate surface area is 149 Å². The summed E-state index contributed by atoms with van der Waals surface area (Å²) < 4.78 is 10.2. The number of ether oxygens (including phenoxy) is 2. The Balaban J connectivity index is 2.04. The largest absolute Gasteiger partial charge is 0.481 e. The van der Waals surface area contributed by atoms with Crippen LogP contribution in [0.2, 0.25) is 5.02 Å². The van der Waals surface area contributed by atoms with Crippen molar-refractivity contribution in [3.63, 3.8) is 0 Å². The van der Waals surface area contributed by atoms with Crippen molar-refractivity contribution in [2.24, 2.45) is 0 Å². The average Bonchev–Trinajstić information content (AvgIpc) is 2.61. The molecule has 0 radical (unpaired) electrons. The highest BCUT2D eigenvalue weighted by molar-refractivity contribution is 6.32. The second-order valence-corrected chi connectivity index (χ2v) is 5.48. The molecule has 7 heteroatoms. The van der Waals surface area contributed by atoms with Crippen molar-refractivity contribution in [3.8, 4) is 11.8 Å². The third-order valence-corrected chi connectivity index (χ3v) is 3.61. The normalized spacial score (nSPS) is 11.1. The number of halogens is 1. The molecule has 1 amide bonds. The summed E-state index contributed by atoms with van der Waals surface area (Å²) in [6, 6.07) is 12.9. The van der Waals surface area contributed by atoms with E-state index in [0.717, 1.165) is 0 Å². The minimum absolute atomic E-state index is 0.250. The first-order valence-corrected chi connectivity index (χ1v) is 7.68. The molecular formula is C18H15ClN2O4. The first kappa shape index (κ1) is 18.3. The molecule has 2 aromatic rings. The Bertz CT molecular complexity index is 845. The Morgan fingerprint density at radius 1 is 1.24 bits per heavy atom. The molecule has 128 valence electrons. The molecule has 0 aliphatic rings. The molecule has 0 aliphatic carbocycles. The lowest BCUT2D eigenvalue weighted by molar-refractivity contribution is -0.122. The molecule has 1 N–H and O–H groups in total. The number of nitriles is 1. The summed E-state index contributed by atoms with van der Waals surface area (Å²) >= 11 is 5.93. The van der Waals surface area contributed by atoms with Crippen LogP contribution in [0.4, 0.5) is 5.69 Å². The van der Waals surface area contributed by atoms with Crippen molar-refractivity contribution in [1.82, 2.24) is 0 Å². The molecule has 2 aromatic carbocycles. The van der Waals surface area contributed by atoms with Gasteiger partial charge in [-0.05, 0) is 43.3 Å². The summed E-state index contributed by atoms with van der Waals surface area (Å²) in [6.45, 7) is 1.57. The van der Waals surface area contributed by atoms with Crippen molar-refractivity contribution in [3.05, 3.63) is 58.6 Å². The molecule has 1 atom stereocenters. The number of rotatable bonds is 5. The quantitative estimate of drug-likeness (QED) is 0.827. The van der Waals surface area contributed by atoms with Crippen LogP contribution in [0.25, 0.3) is 0 Å². The standard InChI is InChI=1S/C18H15ClN2O4/c1-11(25-15-5-3-4-12(8-15)18(23)24-2)17(22)21-14-7-6-13(10-20)16(19)9-14/h3-9,11H,1-2H3,(H,21,22)/t11-/m1/s1. The van der Waals surface area contributed by atoms with Gasteiger partial charge in [-0.1, -0.05) is 17.7 Å². The zero-order valence-electron chi connectivity index (χ0n) is 13.6. The van der Waals surface area contributed by atoms with Gasteiger partial charge < -0.3 is 14.8 Å². The number of benzene rings is 2. The zero-order chi connectivity index (χ0) is 18.4. The number of carbonyl (C=O) groups excluding carboxylic acids is 2. The zero-order valence-corrected chi connectivity index (χ0v) is 14.3. The maximum absolute atomic E-state index is 12.2. The number of nitrogens with one attached hydrogen (secondary N) is 1. The molecule has 0 bridgehead atoms. The van der Waals surface area contributed by atoms with Crippen LogP contribution in [0.1, 0.15) is 22.8 Å². The topological polar surface area (TPSA) is 88.4 Å². The van der Waals surface area contributed by atoms with E-state index in [1.54, 1.807) is 31.2 Å². The number of anilines is 1. The van der Waals surface area contributed by atoms with Gasteiger partial charge in [0.25, 0.3) is 5.91 Å². The summed E-state index contributed by atoms with van der Waals surface area (Å²) in [5.41, 5.74) is 1.10. The molecule has 0 unspecified atom stereocenters. The Morgan fingerprint density at radius 2 is 2.00 bits per heavy atom. The van der Waals surface area contributed by atoms with E-state index in [2.05, 4.69) is 10.1 Å². The van der Waals surface area contributed by atoms with E-state index in [0.29, 0.717) is 22.6 Å². The van der Waals surface area contributed by atoms with Crippen molar-refractivity contribution in [2.45, 2.75) is 13.0 Å². The number of amides is 1. The van der Waals surface area contributed by atoms with Crippen LogP contribution < -0.4 is 10.1 Å². The van der Waals surface area contributed by atoms with Crippen molar-refractivity contribution < 1.29 is 19.1 Å². The molecule has 0 aliphatic heterocycles. The lowest BCUT2D eigenvalue weighted by atomic mass is 10.2. The number of hydrogen-bond donors (Lipinski definition) is 1. The fraction of sp³-hybridized carbons (Fsp3) is 0.167. The second kappa shape index (κ2) is 8.18. The van der Waals surface area contributed by atoms with Crippen LogP contribution >= 0.6 is 11.6 Å². The van der Waals surface area contributed by atoms with Gasteiger partial charge in [0.2, 0.25) is 0 Å². The number of esters is 1. The van der Waals surface area contributed by atoms with E-state index >= 15 is 0 Å². The summed E-state index contributed by atoms with van der Waals surface area (Å²) in [7, 11) is 1.29. The number of methoxy groups -OCH3 is 1. The first-order valence-electron chi connectivity index (χ1n) is 7.30. The molecule has 6 nitrogen and oxygen atoms in total. The highest BCUT2D eigenvalue weighted by Gasteiger charge is 2.16. The summed E-state index contributed by atoms with van der Waals surface area (Å²) in [4.78, 5) is 23.7. The average molecular weight is 359 g/mol. The summed E-state index contributed by atoms with van der Waals surface area (Å²) in [5.74, 6) is -0.526. The monoisotopic (exact) mass is 358 g/mol. The second-order valence-electron chi connectivity index (χ2n) is 5.08. The fourth-order valence-corrected chi connectivity index (χ4v) is 2.22. The van der Waals surface area contributed by atoms with Crippen LogP contribution in [0.5, 0.6) is 5.75 Å². The highest BCUT2D eigenvalue weighted by atomic mass is 35.5. The molecule has 0 heterocycles. The Hall–Kier alpha value is -3.04. The lowest BCUT2D eigenvalue weighted by Crippen LogP contribution is -2.30. The molecule has 2 rings (SSSR count). The van der Waals surface area contributed by atoms with E-state index in [9.17, 15) is 9.59 Å². The van der Waals surface area contributed by atoms with Gasteiger partial charge in [0.05, 0.1) is 23.3 Å². The van der Waals surface area contributed by atoms with Gasteiger partial charge in [-0.15, -0.1) is 0 Å². The van der Waals surface area contributed by atoms with Gasteiger partial charge in [-0.2, -0.15) is 5.26 Å². The van der Waals surface area contributed by atoms with E-state index in [-0.39, 0.29) is 5.02 Å². The molecule has 0 saturated carbocycles. The van der Waals surface area contributed by atoms with E-state index in [1.165, 1.54) is 25.3 Å².